The number of aryl methyl sites for hydroxylation is 2. The van der Waals surface area contributed by atoms with Crippen molar-refractivity contribution in [2.75, 3.05) is 16.8 Å². The van der Waals surface area contributed by atoms with Crippen molar-refractivity contribution in [3.8, 4) is 0 Å². The summed E-state index contributed by atoms with van der Waals surface area (Å²) in [7, 11) is 2.21. The molecular weight excluding hydrogens is 339 g/mol. The molecule has 2 nitrogen and oxygen atoms in total. The van der Waals surface area contributed by atoms with E-state index in [0.717, 1.165) is 0 Å². The molecule has 0 N–H and O–H groups in total. The minimum atomic E-state index is -0.00753. The molecule has 0 aliphatic carbocycles. The summed E-state index contributed by atoms with van der Waals surface area (Å²) in [5.41, 5.74) is 12.4. The van der Waals surface area contributed by atoms with Crippen molar-refractivity contribution in [2.24, 2.45) is 0 Å². The van der Waals surface area contributed by atoms with Gasteiger partial charge in [-0.1, -0.05) is 42.5 Å². The van der Waals surface area contributed by atoms with Gasteiger partial charge in [0.15, 0.2) is 0 Å². The van der Waals surface area contributed by atoms with Crippen molar-refractivity contribution >= 4 is 45.9 Å². The van der Waals surface area contributed by atoms with E-state index in [1.165, 1.54) is 50.3 Å². The standard InChI is InChI=1S/C25H27BN2/c1-16-10-7-12-18-23(16)27(6)20-14-9-15-21-22(20)26(18)19-13-8-11-17(2)24(19)28(21)25(3,4)5/h7-15H,1-6H3. The fourth-order valence-corrected chi connectivity index (χ4v) is 5.33. The molecule has 140 valence electrons. The van der Waals surface area contributed by atoms with Gasteiger partial charge in [-0.05, 0) is 74.3 Å². The lowest BCUT2D eigenvalue weighted by Gasteiger charge is -2.48. The third kappa shape index (κ3) is 2.16. The first-order valence-corrected chi connectivity index (χ1v) is 10.2. The minimum absolute atomic E-state index is 0.00753. The van der Waals surface area contributed by atoms with Crippen LogP contribution in [0.4, 0.5) is 22.7 Å². The van der Waals surface area contributed by atoms with Gasteiger partial charge in [-0.25, -0.2) is 0 Å². The largest absolute Gasteiger partial charge is 0.345 e. The van der Waals surface area contributed by atoms with Gasteiger partial charge in [-0.3, -0.25) is 0 Å². The first kappa shape index (κ1) is 17.4. The molecule has 0 atom stereocenters. The number of nitrogens with zero attached hydrogens (tertiary/aromatic N) is 2. The zero-order chi connectivity index (χ0) is 19.8. The molecule has 0 unspecified atom stereocenters. The third-order valence-electron chi connectivity index (χ3n) is 6.34. The van der Waals surface area contributed by atoms with Gasteiger partial charge in [0.25, 0.3) is 6.71 Å². The topological polar surface area (TPSA) is 6.48 Å². The van der Waals surface area contributed by atoms with E-state index < -0.39 is 0 Å². The molecule has 0 spiro atoms. The predicted octanol–water partition coefficient (Wildman–Crippen LogP) is 4.15. The molecule has 3 aromatic rings. The molecule has 0 saturated carbocycles. The van der Waals surface area contributed by atoms with E-state index in [2.05, 4.69) is 106 Å². The Kier molecular flexibility index (Phi) is 3.53. The fourth-order valence-electron chi connectivity index (χ4n) is 5.33. The zero-order valence-corrected chi connectivity index (χ0v) is 17.7. The summed E-state index contributed by atoms with van der Waals surface area (Å²) in [5, 5.41) is 0. The maximum atomic E-state index is 2.56. The Bertz CT molecular complexity index is 1110. The van der Waals surface area contributed by atoms with E-state index in [9.17, 15) is 0 Å². The van der Waals surface area contributed by atoms with E-state index in [4.69, 9.17) is 0 Å². The Morgan fingerprint density at radius 2 is 1.25 bits per heavy atom. The van der Waals surface area contributed by atoms with Gasteiger partial charge in [-0.2, -0.15) is 0 Å². The van der Waals surface area contributed by atoms with Gasteiger partial charge < -0.3 is 9.80 Å². The Hall–Kier alpha value is -2.68. The SMILES string of the molecule is Cc1cccc2c1N(C)c1cccc3c1B2c1cccc(C)c1N3C(C)(C)C. The van der Waals surface area contributed by atoms with Crippen molar-refractivity contribution in [3.63, 3.8) is 0 Å². The number of hydrogen-bond acceptors (Lipinski definition) is 2. The minimum Gasteiger partial charge on any atom is -0.345 e. The predicted molar refractivity (Wildman–Crippen MR) is 123 cm³/mol. The number of hydrogen-bond donors (Lipinski definition) is 0. The van der Waals surface area contributed by atoms with Crippen molar-refractivity contribution < 1.29 is 0 Å². The van der Waals surface area contributed by atoms with Crippen molar-refractivity contribution in [1.29, 1.82) is 0 Å². The van der Waals surface area contributed by atoms with Crippen LogP contribution in [0, 0.1) is 13.8 Å². The fraction of sp³-hybridized carbons (Fsp3) is 0.280. The quantitative estimate of drug-likeness (QED) is 0.552. The molecule has 2 heterocycles. The summed E-state index contributed by atoms with van der Waals surface area (Å²) in [6.45, 7) is 11.7. The van der Waals surface area contributed by atoms with Crippen LogP contribution in [-0.2, 0) is 0 Å². The van der Waals surface area contributed by atoms with Crippen LogP contribution in [0.2, 0.25) is 0 Å². The Labute approximate surface area is 168 Å². The van der Waals surface area contributed by atoms with Crippen molar-refractivity contribution in [1.82, 2.24) is 0 Å². The monoisotopic (exact) mass is 366 g/mol. The molecule has 28 heavy (non-hydrogen) atoms. The van der Waals surface area contributed by atoms with Crippen LogP contribution in [0.5, 0.6) is 0 Å². The Morgan fingerprint density at radius 1 is 0.714 bits per heavy atom. The van der Waals surface area contributed by atoms with Crippen LogP contribution in [0.25, 0.3) is 0 Å². The number of benzene rings is 3. The second kappa shape index (κ2) is 5.67. The highest BCUT2D eigenvalue weighted by Gasteiger charge is 2.44. The molecule has 3 heteroatoms. The zero-order valence-electron chi connectivity index (χ0n) is 17.7. The summed E-state index contributed by atoms with van der Waals surface area (Å²) in [6, 6.07) is 20.4. The average molecular weight is 366 g/mol. The summed E-state index contributed by atoms with van der Waals surface area (Å²) < 4.78 is 0. The first-order chi connectivity index (χ1) is 13.3. The van der Waals surface area contributed by atoms with Gasteiger partial charge in [0.2, 0.25) is 0 Å². The van der Waals surface area contributed by atoms with Crippen LogP contribution in [-0.4, -0.2) is 19.3 Å². The molecule has 0 aromatic heterocycles. The number of anilines is 4. The lowest BCUT2D eigenvalue weighted by atomic mass is 9.33. The van der Waals surface area contributed by atoms with E-state index in [0.29, 0.717) is 0 Å². The van der Waals surface area contributed by atoms with Crippen LogP contribution in [0.3, 0.4) is 0 Å². The number of fused-ring (bicyclic) bond motifs is 4. The lowest BCUT2D eigenvalue weighted by Crippen LogP contribution is -2.64. The van der Waals surface area contributed by atoms with Crippen molar-refractivity contribution in [2.45, 2.75) is 40.2 Å². The van der Waals surface area contributed by atoms with Crippen LogP contribution < -0.4 is 26.2 Å². The number of para-hydroxylation sites is 2. The van der Waals surface area contributed by atoms with Crippen LogP contribution >= 0.6 is 0 Å². The lowest BCUT2D eigenvalue weighted by molar-refractivity contribution is 0.560. The van der Waals surface area contributed by atoms with Gasteiger partial charge in [0, 0.05) is 35.3 Å². The highest BCUT2D eigenvalue weighted by molar-refractivity contribution is 7.00. The van der Waals surface area contributed by atoms with Crippen molar-refractivity contribution in [3.05, 3.63) is 65.7 Å². The third-order valence-corrected chi connectivity index (χ3v) is 6.34. The Morgan fingerprint density at radius 3 is 1.89 bits per heavy atom. The molecule has 2 aliphatic heterocycles. The van der Waals surface area contributed by atoms with Gasteiger partial charge in [0.1, 0.15) is 0 Å². The normalized spacial score (nSPS) is 14.6. The average Bonchev–Trinajstić information content (AvgIpc) is 2.64. The summed E-state index contributed by atoms with van der Waals surface area (Å²) in [5.74, 6) is 0. The van der Waals surface area contributed by atoms with Gasteiger partial charge in [0.05, 0.1) is 0 Å². The molecule has 0 fully saturated rings. The molecule has 0 radical (unpaired) electrons. The van der Waals surface area contributed by atoms with Gasteiger partial charge in [-0.15, -0.1) is 0 Å². The summed E-state index contributed by atoms with van der Waals surface area (Å²) >= 11 is 0. The highest BCUT2D eigenvalue weighted by Crippen LogP contribution is 2.41. The second-order valence-electron chi connectivity index (χ2n) is 9.23. The highest BCUT2D eigenvalue weighted by atomic mass is 15.2. The first-order valence-electron chi connectivity index (χ1n) is 10.2. The molecule has 0 bridgehead atoms. The Balaban J connectivity index is 1.94. The van der Waals surface area contributed by atoms with Crippen LogP contribution in [0.15, 0.2) is 54.6 Å². The molecule has 3 aromatic carbocycles. The summed E-state index contributed by atoms with van der Waals surface area (Å²) in [6.07, 6.45) is 0. The molecule has 0 saturated heterocycles. The molecular formula is C25H27BN2. The maximum Gasteiger partial charge on any atom is 0.252 e. The van der Waals surface area contributed by atoms with Gasteiger partial charge >= 0.3 is 0 Å². The summed E-state index contributed by atoms with van der Waals surface area (Å²) in [4.78, 5) is 4.95. The number of rotatable bonds is 0. The second-order valence-corrected chi connectivity index (χ2v) is 9.23. The van der Waals surface area contributed by atoms with E-state index >= 15 is 0 Å². The van der Waals surface area contributed by atoms with E-state index in [1.54, 1.807) is 0 Å². The smallest absolute Gasteiger partial charge is 0.252 e. The van der Waals surface area contributed by atoms with Crippen LogP contribution in [0.1, 0.15) is 31.9 Å². The molecule has 5 rings (SSSR count). The van der Waals surface area contributed by atoms with E-state index in [1.807, 2.05) is 0 Å². The molecule has 2 aliphatic rings. The molecule has 0 amide bonds. The van der Waals surface area contributed by atoms with E-state index in [-0.39, 0.29) is 12.3 Å². The maximum absolute atomic E-state index is 2.56.